The fourth-order valence-corrected chi connectivity index (χ4v) is 3.08. The number of methoxy groups -OCH3 is 1. The molecule has 0 amide bonds. The lowest BCUT2D eigenvalue weighted by molar-refractivity contribution is 0.0662. The van der Waals surface area contributed by atoms with Crippen molar-refractivity contribution in [3.63, 3.8) is 0 Å². The molecule has 2 aromatic rings. The van der Waals surface area contributed by atoms with E-state index in [-0.39, 0.29) is 0 Å². The van der Waals surface area contributed by atoms with Gasteiger partial charge in [-0.2, -0.15) is 4.98 Å². The Bertz CT molecular complexity index is 741. The lowest BCUT2D eigenvalue weighted by atomic mass is 10.0. The van der Waals surface area contributed by atoms with E-state index in [0.29, 0.717) is 24.3 Å². The van der Waals surface area contributed by atoms with Gasteiger partial charge in [-0.25, -0.2) is 4.98 Å². The topological polar surface area (TPSA) is 76.7 Å². The van der Waals surface area contributed by atoms with Gasteiger partial charge in [-0.15, -0.1) is 0 Å². The molecule has 3 rings (SSSR count). The van der Waals surface area contributed by atoms with Gasteiger partial charge in [0.15, 0.2) is 11.5 Å². The fourth-order valence-electron chi connectivity index (χ4n) is 3.08. The monoisotopic (exact) mass is 357 g/mol. The summed E-state index contributed by atoms with van der Waals surface area (Å²) in [5, 5.41) is 0. The van der Waals surface area contributed by atoms with Gasteiger partial charge >= 0.3 is 0 Å². The van der Waals surface area contributed by atoms with Crippen molar-refractivity contribution in [1.29, 1.82) is 0 Å². The molecule has 1 fully saturated rings. The van der Waals surface area contributed by atoms with Crippen LogP contribution in [0.5, 0.6) is 11.5 Å². The number of hydrogen-bond donors (Lipinski definition) is 1. The number of ether oxygens (including phenoxy) is 2. The van der Waals surface area contributed by atoms with Crippen LogP contribution in [0.25, 0.3) is 0 Å². The molecule has 26 heavy (non-hydrogen) atoms. The number of rotatable bonds is 7. The summed E-state index contributed by atoms with van der Waals surface area (Å²) in [4.78, 5) is 13.1. The highest BCUT2D eigenvalue weighted by Gasteiger charge is 2.26. The third kappa shape index (κ3) is 3.99. The van der Waals surface area contributed by atoms with Gasteiger partial charge in [0, 0.05) is 49.6 Å². The summed E-state index contributed by atoms with van der Waals surface area (Å²) in [6.45, 7) is 8.05. The molecular weight excluding hydrogens is 330 g/mol. The van der Waals surface area contributed by atoms with Crippen molar-refractivity contribution in [1.82, 2.24) is 14.9 Å². The number of nitrogen functional groups attached to an aromatic ring is 1. The quantitative estimate of drug-likeness (QED) is 0.816. The molecule has 1 saturated heterocycles. The second-order valence-corrected chi connectivity index (χ2v) is 6.66. The maximum absolute atomic E-state index is 6.06. The van der Waals surface area contributed by atoms with Crippen molar-refractivity contribution in [3.05, 3.63) is 30.0 Å². The molecule has 0 atom stereocenters. The Morgan fingerprint density at radius 2 is 2.00 bits per heavy atom. The summed E-state index contributed by atoms with van der Waals surface area (Å²) in [5.74, 6) is 3.03. The van der Waals surface area contributed by atoms with Crippen LogP contribution in [0.1, 0.15) is 12.6 Å². The highest BCUT2D eigenvalue weighted by atomic mass is 16.5. The Hall–Kier alpha value is -2.54. The zero-order valence-corrected chi connectivity index (χ0v) is 15.9. The first-order valence-corrected chi connectivity index (χ1v) is 8.88. The van der Waals surface area contributed by atoms with E-state index in [0.717, 1.165) is 42.5 Å². The summed E-state index contributed by atoms with van der Waals surface area (Å²) < 4.78 is 11.5. The third-order valence-electron chi connectivity index (χ3n) is 4.65. The normalized spacial score (nSPS) is 14.8. The maximum Gasteiger partial charge on any atom is 0.231 e. The van der Waals surface area contributed by atoms with E-state index in [1.165, 1.54) is 0 Å². The van der Waals surface area contributed by atoms with Gasteiger partial charge in [0.25, 0.3) is 0 Å². The molecule has 0 aliphatic carbocycles. The molecule has 2 N–H and O–H groups in total. The second-order valence-electron chi connectivity index (χ2n) is 6.66. The first kappa shape index (κ1) is 18.3. The molecule has 7 nitrogen and oxygen atoms in total. The molecule has 1 aliphatic heterocycles. The molecule has 1 aromatic heterocycles. The molecule has 0 bridgehead atoms. The minimum absolute atomic E-state index is 0.454. The molecule has 0 spiro atoms. The van der Waals surface area contributed by atoms with Crippen molar-refractivity contribution < 1.29 is 9.47 Å². The van der Waals surface area contributed by atoms with Crippen LogP contribution in [0, 0.1) is 12.8 Å². The molecule has 140 valence electrons. The Labute approximate surface area is 154 Å². The minimum Gasteiger partial charge on any atom is -0.493 e. The highest BCUT2D eigenvalue weighted by Crippen LogP contribution is 2.34. The first-order chi connectivity index (χ1) is 12.5. The molecule has 7 heteroatoms. The largest absolute Gasteiger partial charge is 0.493 e. The Balaban J connectivity index is 1.75. The number of hydrogen-bond acceptors (Lipinski definition) is 7. The average Bonchev–Trinajstić information content (AvgIpc) is 2.59. The van der Waals surface area contributed by atoms with Crippen LogP contribution in [0.15, 0.2) is 24.3 Å². The molecule has 0 unspecified atom stereocenters. The van der Waals surface area contributed by atoms with Crippen molar-refractivity contribution in [2.75, 3.05) is 51.0 Å². The third-order valence-corrected chi connectivity index (χ3v) is 4.65. The van der Waals surface area contributed by atoms with Crippen LogP contribution in [-0.4, -0.2) is 55.3 Å². The van der Waals surface area contributed by atoms with E-state index < -0.39 is 0 Å². The number of anilines is 3. The van der Waals surface area contributed by atoms with Gasteiger partial charge in [-0.05, 0) is 25.6 Å². The standard InChI is InChI=1S/C19H27N5O2/c1-5-24-10-14(11-24)12-26-17-9-15(6-7-16(17)25-4)23(3)19-21-13(2)8-18(20)22-19/h6-9,14H,5,10-12H2,1-4H3,(H2,20,21,22). The van der Waals surface area contributed by atoms with Crippen LogP contribution in [0.2, 0.25) is 0 Å². The lowest BCUT2D eigenvalue weighted by Gasteiger charge is -2.38. The predicted molar refractivity (Wildman–Crippen MR) is 103 cm³/mol. The molecule has 1 aliphatic rings. The van der Waals surface area contributed by atoms with E-state index in [1.54, 1.807) is 13.2 Å². The van der Waals surface area contributed by atoms with Gasteiger partial charge < -0.3 is 25.0 Å². The van der Waals surface area contributed by atoms with Crippen molar-refractivity contribution in [2.45, 2.75) is 13.8 Å². The summed E-state index contributed by atoms with van der Waals surface area (Å²) in [6.07, 6.45) is 0. The van der Waals surface area contributed by atoms with Crippen LogP contribution >= 0.6 is 0 Å². The number of aromatic nitrogens is 2. The van der Waals surface area contributed by atoms with Gasteiger partial charge in [-0.3, -0.25) is 0 Å². The van der Waals surface area contributed by atoms with Crippen LogP contribution < -0.4 is 20.1 Å². The van der Waals surface area contributed by atoms with Gasteiger partial charge in [0.2, 0.25) is 5.95 Å². The summed E-state index contributed by atoms with van der Waals surface area (Å²) >= 11 is 0. The maximum atomic E-state index is 6.06. The summed E-state index contributed by atoms with van der Waals surface area (Å²) in [7, 11) is 3.56. The number of aryl methyl sites for hydroxylation is 1. The molecule has 0 radical (unpaired) electrons. The smallest absolute Gasteiger partial charge is 0.231 e. The summed E-state index contributed by atoms with van der Waals surface area (Å²) in [5.41, 5.74) is 7.59. The Morgan fingerprint density at radius 3 is 2.65 bits per heavy atom. The second kappa shape index (κ2) is 7.78. The SMILES string of the molecule is CCN1CC(COc2cc(N(C)c3nc(C)cc(N)n3)ccc2OC)C1. The first-order valence-electron chi connectivity index (χ1n) is 8.88. The van der Waals surface area contributed by atoms with Crippen LogP contribution in [0.3, 0.4) is 0 Å². The Kier molecular flexibility index (Phi) is 5.46. The number of likely N-dealkylation sites (tertiary alicyclic amines) is 1. The van der Waals surface area contributed by atoms with Crippen molar-refractivity contribution in [2.24, 2.45) is 5.92 Å². The summed E-state index contributed by atoms with van der Waals surface area (Å²) in [6, 6.07) is 7.56. The van der Waals surface area contributed by atoms with Crippen LogP contribution in [0.4, 0.5) is 17.5 Å². The van der Waals surface area contributed by atoms with E-state index in [9.17, 15) is 0 Å². The zero-order chi connectivity index (χ0) is 18.7. The van der Waals surface area contributed by atoms with E-state index in [1.807, 2.05) is 37.1 Å². The van der Waals surface area contributed by atoms with Gasteiger partial charge in [0.1, 0.15) is 5.82 Å². The van der Waals surface area contributed by atoms with Gasteiger partial charge in [0.05, 0.1) is 13.7 Å². The molecule has 1 aromatic carbocycles. The van der Waals surface area contributed by atoms with Crippen molar-refractivity contribution >= 4 is 17.5 Å². The van der Waals surface area contributed by atoms with E-state index in [4.69, 9.17) is 15.2 Å². The Morgan fingerprint density at radius 1 is 1.23 bits per heavy atom. The average molecular weight is 357 g/mol. The predicted octanol–water partition coefficient (Wildman–Crippen LogP) is 2.47. The van der Waals surface area contributed by atoms with Gasteiger partial charge in [-0.1, -0.05) is 6.92 Å². The van der Waals surface area contributed by atoms with Crippen LogP contribution in [-0.2, 0) is 0 Å². The number of nitrogens with zero attached hydrogens (tertiary/aromatic N) is 4. The van der Waals surface area contributed by atoms with E-state index >= 15 is 0 Å². The van der Waals surface area contributed by atoms with Crippen molar-refractivity contribution in [3.8, 4) is 11.5 Å². The zero-order valence-electron chi connectivity index (χ0n) is 15.9. The molecule has 0 saturated carbocycles. The molecular formula is C19H27N5O2. The molecule has 2 heterocycles. The fraction of sp³-hybridized carbons (Fsp3) is 0.474. The highest BCUT2D eigenvalue weighted by molar-refractivity contribution is 5.62. The minimum atomic E-state index is 0.454. The lowest BCUT2D eigenvalue weighted by Crippen LogP contribution is -2.48. The number of benzene rings is 1. The number of nitrogens with two attached hydrogens (primary N) is 1. The van der Waals surface area contributed by atoms with E-state index in [2.05, 4.69) is 21.8 Å².